The molecule has 0 spiro atoms. The molecule has 0 radical (unpaired) electrons. The summed E-state index contributed by atoms with van der Waals surface area (Å²) in [5.41, 5.74) is 0.937. The lowest BCUT2D eigenvalue weighted by Gasteiger charge is -2.26. The molecule has 3 heterocycles. The van der Waals surface area contributed by atoms with Crippen LogP contribution in [-0.4, -0.2) is 51.2 Å². The van der Waals surface area contributed by atoms with Gasteiger partial charge in [0.05, 0.1) is 11.8 Å². The van der Waals surface area contributed by atoms with Gasteiger partial charge >= 0.3 is 6.18 Å². The Bertz CT molecular complexity index is 920. The molecule has 1 saturated heterocycles. The van der Waals surface area contributed by atoms with E-state index in [1.54, 1.807) is 4.90 Å². The zero-order valence-corrected chi connectivity index (χ0v) is 16.0. The molecular weight excluding hydrogens is 411 g/mol. The largest absolute Gasteiger partial charge is 0.486 e. The van der Waals surface area contributed by atoms with Gasteiger partial charge in [0.25, 0.3) is 5.82 Å². The lowest BCUT2D eigenvalue weighted by Crippen LogP contribution is -2.32. The molecule has 1 atom stereocenters. The Morgan fingerprint density at radius 1 is 1.24 bits per heavy atom. The molecule has 2 aliphatic heterocycles. The second-order valence-electron chi connectivity index (χ2n) is 6.61. The van der Waals surface area contributed by atoms with E-state index >= 15 is 0 Å². The van der Waals surface area contributed by atoms with Crippen molar-refractivity contribution in [2.45, 2.75) is 30.2 Å². The van der Waals surface area contributed by atoms with E-state index < -0.39 is 12.0 Å². The minimum Gasteiger partial charge on any atom is -0.486 e. The summed E-state index contributed by atoms with van der Waals surface area (Å²) in [5.74, 6) is 5.14. The molecule has 2 N–H and O–H groups in total. The molecular formula is C17H18F3N5O3S. The topological polar surface area (TPSA) is 95.5 Å². The lowest BCUT2D eigenvalue weighted by molar-refractivity contribution is -0.146. The minimum atomic E-state index is -4.71. The van der Waals surface area contributed by atoms with E-state index in [0.29, 0.717) is 35.9 Å². The third kappa shape index (κ3) is 3.93. The monoisotopic (exact) mass is 429 g/mol. The molecule has 1 fully saturated rings. The first-order valence-electron chi connectivity index (χ1n) is 8.94. The fourth-order valence-corrected chi connectivity index (χ4v) is 4.20. The maximum atomic E-state index is 12.8. The zero-order valence-electron chi connectivity index (χ0n) is 15.2. The maximum Gasteiger partial charge on any atom is 0.453 e. The number of nitrogens with two attached hydrogens (primary N) is 1. The fourth-order valence-electron chi connectivity index (χ4n) is 3.46. The van der Waals surface area contributed by atoms with E-state index in [1.807, 2.05) is 18.2 Å². The van der Waals surface area contributed by atoms with Gasteiger partial charge in [-0.3, -0.25) is 4.79 Å². The highest BCUT2D eigenvalue weighted by Gasteiger charge is 2.38. The Labute approximate surface area is 168 Å². The molecule has 0 saturated carbocycles. The van der Waals surface area contributed by atoms with Crippen LogP contribution in [0.5, 0.6) is 11.5 Å². The van der Waals surface area contributed by atoms with Gasteiger partial charge in [-0.2, -0.15) is 13.2 Å². The molecule has 29 heavy (non-hydrogen) atoms. The smallest absolute Gasteiger partial charge is 0.453 e. The van der Waals surface area contributed by atoms with Crippen LogP contribution in [0.4, 0.5) is 13.2 Å². The number of hydrogen-bond acceptors (Lipinski definition) is 7. The maximum absolute atomic E-state index is 12.8. The van der Waals surface area contributed by atoms with Gasteiger partial charge in [-0.15, -0.1) is 10.2 Å². The Hall–Kier alpha value is -2.63. The van der Waals surface area contributed by atoms with Gasteiger partial charge < -0.3 is 20.2 Å². The number of benzene rings is 1. The summed E-state index contributed by atoms with van der Waals surface area (Å²) in [7, 11) is 0. The Morgan fingerprint density at radius 2 is 2.00 bits per heavy atom. The van der Waals surface area contributed by atoms with Crippen molar-refractivity contribution in [2.24, 2.45) is 0 Å². The number of hydrogen-bond donors (Lipinski definition) is 1. The van der Waals surface area contributed by atoms with Crippen LogP contribution in [0, 0.1) is 0 Å². The first-order chi connectivity index (χ1) is 13.8. The Kier molecular flexibility index (Phi) is 5.19. The van der Waals surface area contributed by atoms with Crippen LogP contribution in [0.15, 0.2) is 23.4 Å². The van der Waals surface area contributed by atoms with Crippen molar-refractivity contribution in [3.63, 3.8) is 0 Å². The van der Waals surface area contributed by atoms with E-state index in [-0.39, 0.29) is 22.9 Å². The molecule has 12 heteroatoms. The van der Waals surface area contributed by atoms with Crippen molar-refractivity contribution in [1.29, 1.82) is 0 Å². The number of ether oxygens (including phenoxy) is 2. The van der Waals surface area contributed by atoms with Crippen LogP contribution < -0.4 is 15.3 Å². The predicted octanol–water partition coefficient (Wildman–Crippen LogP) is 2.24. The number of alkyl halides is 3. The number of nitrogens with zero attached hydrogens (tertiary/aromatic N) is 4. The summed E-state index contributed by atoms with van der Waals surface area (Å²) in [6.07, 6.45) is -3.08. The van der Waals surface area contributed by atoms with Crippen molar-refractivity contribution in [3.05, 3.63) is 29.6 Å². The number of amides is 1. The minimum absolute atomic E-state index is 0.0890. The van der Waals surface area contributed by atoms with Crippen LogP contribution in [-0.2, 0) is 11.0 Å². The first kappa shape index (κ1) is 19.7. The number of carbonyl (C=O) groups is 1. The molecule has 8 nitrogen and oxygen atoms in total. The highest BCUT2D eigenvalue weighted by Crippen LogP contribution is 2.38. The first-order valence-corrected chi connectivity index (χ1v) is 9.92. The molecule has 2 aromatic rings. The van der Waals surface area contributed by atoms with Gasteiger partial charge in [-0.05, 0) is 30.5 Å². The number of nitrogen functional groups attached to an aromatic ring is 1. The molecule has 1 unspecified atom stereocenters. The zero-order chi connectivity index (χ0) is 20.6. The summed E-state index contributed by atoms with van der Waals surface area (Å²) >= 11 is 0.827. The molecule has 1 aromatic carbocycles. The fraction of sp³-hybridized carbons (Fsp3) is 0.471. The van der Waals surface area contributed by atoms with Crippen LogP contribution in [0.2, 0.25) is 0 Å². The van der Waals surface area contributed by atoms with Gasteiger partial charge in [0.2, 0.25) is 11.1 Å². The average Bonchev–Trinajstić information content (AvgIpc) is 3.32. The van der Waals surface area contributed by atoms with E-state index in [2.05, 4.69) is 10.2 Å². The summed E-state index contributed by atoms with van der Waals surface area (Å²) < 4.78 is 49.8. The lowest BCUT2D eigenvalue weighted by atomic mass is 10.0. The number of thioether (sulfide) groups is 1. The molecule has 1 aromatic heterocycles. The SMILES string of the molecule is Nn1c(SCC(=O)N2CCCC2c2ccc3c(c2)OCCO3)nnc1C(F)(F)F. The quantitative estimate of drug-likeness (QED) is 0.588. The number of aromatic nitrogens is 3. The number of likely N-dealkylation sites (tertiary alicyclic amines) is 1. The van der Waals surface area contributed by atoms with Crippen molar-refractivity contribution in [3.8, 4) is 11.5 Å². The van der Waals surface area contributed by atoms with Crippen LogP contribution >= 0.6 is 11.8 Å². The summed E-state index contributed by atoms with van der Waals surface area (Å²) in [6.45, 7) is 1.54. The molecule has 156 valence electrons. The van der Waals surface area contributed by atoms with Crippen LogP contribution in [0.1, 0.15) is 30.3 Å². The normalized spacial score (nSPS) is 18.9. The van der Waals surface area contributed by atoms with E-state index in [0.717, 1.165) is 30.2 Å². The number of rotatable bonds is 4. The molecule has 1 amide bonds. The summed E-state index contributed by atoms with van der Waals surface area (Å²) in [4.78, 5) is 14.5. The van der Waals surface area contributed by atoms with Gasteiger partial charge in [0.1, 0.15) is 13.2 Å². The van der Waals surface area contributed by atoms with Gasteiger partial charge in [-0.1, -0.05) is 17.8 Å². The second kappa shape index (κ2) is 7.65. The van der Waals surface area contributed by atoms with Gasteiger partial charge in [0, 0.05) is 6.54 Å². The van der Waals surface area contributed by atoms with E-state index in [9.17, 15) is 18.0 Å². The average molecular weight is 429 g/mol. The summed E-state index contributed by atoms with van der Waals surface area (Å²) in [6, 6.07) is 5.49. The van der Waals surface area contributed by atoms with Crippen molar-refractivity contribution >= 4 is 17.7 Å². The third-order valence-electron chi connectivity index (χ3n) is 4.77. The van der Waals surface area contributed by atoms with Crippen LogP contribution in [0.25, 0.3) is 0 Å². The third-order valence-corrected chi connectivity index (χ3v) is 5.69. The molecule has 0 bridgehead atoms. The summed E-state index contributed by atoms with van der Waals surface area (Å²) in [5, 5.41) is 6.33. The second-order valence-corrected chi connectivity index (χ2v) is 7.55. The standard InChI is InChI=1S/C17H18F3N5O3S/c18-17(19,20)15-22-23-16(25(15)21)29-9-14(26)24-5-1-2-11(24)10-3-4-12-13(8-10)28-7-6-27-12/h3-4,8,11H,1-2,5-7,9,21H2. The van der Waals surface area contributed by atoms with Crippen molar-refractivity contribution < 1.29 is 27.4 Å². The van der Waals surface area contributed by atoms with Crippen molar-refractivity contribution in [1.82, 2.24) is 19.8 Å². The van der Waals surface area contributed by atoms with Gasteiger partial charge in [0.15, 0.2) is 11.5 Å². The number of halogens is 3. The van der Waals surface area contributed by atoms with Crippen molar-refractivity contribution in [2.75, 3.05) is 31.4 Å². The number of carbonyl (C=O) groups excluding carboxylic acids is 1. The molecule has 2 aliphatic rings. The van der Waals surface area contributed by atoms with E-state index in [4.69, 9.17) is 15.3 Å². The Morgan fingerprint density at radius 3 is 2.72 bits per heavy atom. The predicted molar refractivity (Wildman–Crippen MR) is 97.0 cm³/mol. The highest BCUT2D eigenvalue weighted by atomic mass is 32.2. The van der Waals surface area contributed by atoms with Crippen LogP contribution in [0.3, 0.4) is 0 Å². The highest BCUT2D eigenvalue weighted by molar-refractivity contribution is 7.99. The number of fused-ring (bicyclic) bond motifs is 1. The Balaban J connectivity index is 1.44. The molecule has 4 rings (SSSR count). The van der Waals surface area contributed by atoms with E-state index in [1.165, 1.54) is 0 Å². The molecule has 0 aliphatic carbocycles. The van der Waals surface area contributed by atoms with Gasteiger partial charge in [-0.25, -0.2) is 4.68 Å².